The van der Waals surface area contributed by atoms with Gasteiger partial charge in [-0.1, -0.05) is 23.8 Å². The smallest absolute Gasteiger partial charge is 0.240 e. The molecule has 0 unspecified atom stereocenters. The average molecular weight is 437 g/mol. The van der Waals surface area contributed by atoms with Crippen LogP contribution in [0.1, 0.15) is 18.9 Å². The summed E-state index contributed by atoms with van der Waals surface area (Å²) in [6, 6.07) is 15.0. The Bertz CT molecular complexity index is 899. The molecule has 0 saturated heterocycles. The molecule has 0 aliphatic rings. The number of benzene rings is 2. The van der Waals surface area contributed by atoms with E-state index in [0.717, 1.165) is 22.7 Å². The third kappa shape index (κ3) is 7.98. The highest BCUT2D eigenvalue weighted by atomic mass is 32.2. The molecule has 0 saturated carbocycles. The number of nitrogens with one attached hydrogen (secondary N) is 1. The van der Waals surface area contributed by atoms with E-state index in [1.165, 1.54) is 10.5 Å². The maximum Gasteiger partial charge on any atom is 0.240 e. The minimum atomic E-state index is -3.61. The molecule has 1 amide bonds. The van der Waals surface area contributed by atoms with Gasteiger partial charge in [-0.05, 0) is 50.3 Å². The SMILES string of the molecule is CCOc1cccc(N(CC(=O)NCCCSc2ccc(C)cc2)S(C)(=O)=O)c1. The lowest BCUT2D eigenvalue weighted by atomic mass is 10.2. The second kappa shape index (κ2) is 11.1. The minimum Gasteiger partial charge on any atom is -0.494 e. The molecular formula is C21H28N2O4S2. The fourth-order valence-corrected chi connectivity index (χ4v) is 4.31. The summed E-state index contributed by atoms with van der Waals surface area (Å²) < 4.78 is 30.9. The van der Waals surface area contributed by atoms with E-state index < -0.39 is 10.0 Å². The van der Waals surface area contributed by atoms with Gasteiger partial charge in [0.2, 0.25) is 15.9 Å². The minimum absolute atomic E-state index is 0.264. The first-order valence-electron chi connectivity index (χ1n) is 9.46. The van der Waals surface area contributed by atoms with Gasteiger partial charge in [0, 0.05) is 17.5 Å². The fourth-order valence-electron chi connectivity index (χ4n) is 2.61. The van der Waals surface area contributed by atoms with Gasteiger partial charge in [0.25, 0.3) is 0 Å². The Morgan fingerprint density at radius 1 is 1.17 bits per heavy atom. The maximum atomic E-state index is 12.3. The van der Waals surface area contributed by atoms with E-state index in [1.54, 1.807) is 36.0 Å². The largest absolute Gasteiger partial charge is 0.494 e. The summed E-state index contributed by atoms with van der Waals surface area (Å²) in [5.41, 5.74) is 1.63. The first-order chi connectivity index (χ1) is 13.8. The van der Waals surface area contributed by atoms with Crippen LogP contribution in [0.25, 0.3) is 0 Å². The molecule has 8 heteroatoms. The summed E-state index contributed by atoms with van der Waals surface area (Å²) >= 11 is 1.73. The van der Waals surface area contributed by atoms with Crippen molar-refractivity contribution in [1.82, 2.24) is 5.32 Å². The summed E-state index contributed by atoms with van der Waals surface area (Å²) in [4.78, 5) is 13.5. The van der Waals surface area contributed by atoms with Crippen molar-refractivity contribution in [3.8, 4) is 5.75 Å². The van der Waals surface area contributed by atoms with Gasteiger partial charge in [-0.15, -0.1) is 11.8 Å². The molecule has 0 aliphatic carbocycles. The second-order valence-corrected chi connectivity index (χ2v) is 9.64. The molecule has 0 aromatic heterocycles. The third-order valence-electron chi connectivity index (χ3n) is 4.04. The van der Waals surface area contributed by atoms with Crippen molar-refractivity contribution in [3.05, 3.63) is 54.1 Å². The van der Waals surface area contributed by atoms with Crippen LogP contribution in [0.5, 0.6) is 5.75 Å². The third-order valence-corrected chi connectivity index (χ3v) is 6.28. The molecule has 0 fully saturated rings. The van der Waals surface area contributed by atoms with Crippen LogP contribution in [0.3, 0.4) is 0 Å². The van der Waals surface area contributed by atoms with E-state index in [2.05, 4.69) is 36.5 Å². The number of sulfonamides is 1. The topological polar surface area (TPSA) is 75.7 Å². The van der Waals surface area contributed by atoms with Crippen LogP contribution in [0, 0.1) is 6.92 Å². The summed E-state index contributed by atoms with van der Waals surface area (Å²) in [6.07, 6.45) is 1.88. The number of amides is 1. The van der Waals surface area contributed by atoms with Crippen molar-refractivity contribution in [2.45, 2.75) is 25.2 Å². The summed E-state index contributed by atoms with van der Waals surface area (Å²) in [5.74, 6) is 1.10. The molecule has 6 nitrogen and oxygen atoms in total. The van der Waals surface area contributed by atoms with Crippen LogP contribution in [-0.4, -0.2) is 46.0 Å². The number of carbonyl (C=O) groups is 1. The molecule has 158 valence electrons. The van der Waals surface area contributed by atoms with Crippen molar-refractivity contribution >= 4 is 33.4 Å². The molecule has 29 heavy (non-hydrogen) atoms. The number of hydrogen-bond acceptors (Lipinski definition) is 5. The number of nitrogens with zero attached hydrogens (tertiary/aromatic N) is 1. The summed E-state index contributed by atoms with van der Waals surface area (Å²) in [5, 5.41) is 2.80. The highest BCUT2D eigenvalue weighted by molar-refractivity contribution is 7.99. The number of thioether (sulfide) groups is 1. The van der Waals surface area contributed by atoms with Crippen LogP contribution in [0.15, 0.2) is 53.4 Å². The molecule has 0 heterocycles. The Morgan fingerprint density at radius 3 is 2.55 bits per heavy atom. The molecular weight excluding hydrogens is 408 g/mol. The predicted octanol–water partition coefficient (Wildman–Crippen LogP) is 3.46. The number of aryl methyl sites for hydroxylation is 1. The van der Waals surface area contributed by atoms with Crippen LogP contribution >= 0.6 is 11.8 Å². The Kier molecular flexibility index (Phi) is 8.85. The van der Waals surface area contributed by atoms with Gasteiger partial charge in [0.1, 0.15) is 12.3 Å². The lowest BCUT2D eigenvalue weighted by molar-refractivity contribution is -0.119. The van der Waals surface area contributed by atoms with Crippen molar-refractivity contribution in [2.24, 2.45) is 0 Å². The normalized spacial score (nSPS) is 11.1. The predicted molar refractivity (Wildman–Crippen MR) is 119 cm³/mol. The van der Waals surface area contributed by atoms with Crippen molar-refractivity contribution < 1.29 is 17.9 Å². The van der Waals surface area contributed by atoms with Crippen LogP contribution in [0.4, 0.5) is 5.69 Å². The van der Waals surface area contributed by atoms with Crippen molar-refractivity contribution in [1.29, 1.82) is 0 Å². The van der Waals surface area contributed by atoms with Gasteiger partial charge in [0.15, 0.2) is 0 Å². The Balaban J connectivity index is 1.85. The van der Waals surface area contributed by atoms with E-state index in [-0.39, 0.29) is 12.5 Å². The monoisotopic (exact) mass is 436 g/mol. The molecule has 1 N–H and O–H groups in total. The maximum absolute atomic E-state index is 12.3. The average Bonchev–Trinajstić information content (AvgIpc) is 2.67. The highest BCUT2D eigenvalue weighted by Crippen LogP contribution is 2.23. The molecule has 0 bridgehead atoms. The van der Waals surface area contributed by atoms with Gasteiger partial charge >= 0.3 is 0 Å². The molecule has 2 aromatic carbocycles. The highest BCUT2D eigenvalue weighted by Gasteiger charge is 2.21. The Hall–Kier alpha value is -2.19. The second-order valence-electron chi connectivity index (χ2n) is 6.57. The van der Waals surface area contributed by atoms with E-state index in [0.29, 0.717) is 24.6 Å². The first kappa shape index (κ1) is 23.1. The zero-order chi connectivity index (χ0) is 21.3. The zero-order valence-corrected chi connectivity index (χ0v) is 18.7. The van der Waals surface area contributed by atoms with E-state index in [9.17, 15) is 13.2 Å². The Morgan fingerprint density at radius 2 is 1.90 bits per heavy atom. The van der Waals surface area contributed by atoms with Gasteiger partial charge in [0.05, 0.1) is 18.6 Å². The Labute approximate surface area is 177 Å². The summed E-state index contributed by atoms with van der Waals surface area (Å²) in [7, 11) is -3.61. The molecule has 0 atom stereocenters. The fraction of sp³-hybridized carbons (Fsp3) is 0.381. The first-order valence-corrected chi connectivity index (χ1v) is 12.3. The zero-order valence-electron chi connectivity index (χ0n) is 17.1. The van der Waals surface area contributed by atoms with Gasteiger partial charge in [-0.25, -0.2) is 8.42 Å². The lowest BCUT2D eigenvalue weighted by Gasteiger charge is -2.22. The molecule has 0 aliphatic heterocycles. The number of rotatable bonds is 11. The van der Waals surface area contributed by atoms with E-state index in [1.807, 2.05) is 6.92 Å². The van der Waals surface area contributed by atoms with Crippen molar-refractivity contribution in [2.75, 3.05) is 36.0 Å². The molecule has 0 spiro atoms. The number of hydrogen-bond donors (Lipinski definition) is 1. The number of carbonyl (C=O) groups excluding carboxylic acids is 1. The molecule has 2 rings (SSSR count). The number of ether oxygens (including phenoxy) is 1. The van der Waals surface area contributed by atoms with Gasteiger partial charge in [-0.3, -0.25) is 9.10 Å². The summed E-state index contributed by atoms with van der Waals surface area (Å²) in [6.45, 7) is 4.61. The number of anilines is 1. The van der Waals surface area contributed by atoms with Crippen LogP contribution < -0.4 is 14.4 Å². The molecule has 2 aromatic rings. The quantitative estimate of drug-likeness (QED) is 0.431. The van der Waals surface area contributed by atoms with Crippen LogP contribution in [0.2, 0.25) is 0 Å². The van der Waals surface area contributed by atoms with Gasteiger partial charge < -0.3 is 10.1 Å². The molecule has 0 radical (unpaired) electrons. The van der Waals surface area contributed by atoms with Crippen LogP contribution in [-0.2, 0) is 14.8 Å². The van der Waals surface area contributed by atoms with E-state index in [4.69, 9.17) is 4.74 Å². The van der Waals surface area contributed by atoms with Crippen molar-refractivity contribution in [3.63, 3.8) is 0 Å². The van der Waals surface area contributed by atoms with Gasteiger partial charge in [-0.2, -0.15) is 0 Å². The standard InChI is InChI=1S/C21H28N2O4S2/c1-4-27-19-8-5-7-18(15-19)23(29(3,25)26)16-21(24)22-13-6-14-28-20-11-9-17(2)10-12-20/h5,7-12,15H,4,6,13-14,16H2,1-3H3,(H,22,24). The lowest BCUT2D eigenvalue weighted by Crippen LogP contribution is -2.40. The van der Waals surface area contributed by atoms with E-state index >= 15 is 0 Å².